The number of nitrogens with zero attached hydrogens (tertiary/aromatic N) is 3. The van der Waals surface area contributed by atoms with Crippen molar-refractivity contribution in [2.24, 2.45) is 0 Å². The first-order valence-corrected chi connectivity index (χ1v) is 14.2. The number of fused-ring (bicyclic) bond motifs is 1. The number of amides is 2. The minimum Gasteiger partial charge on any atom is -0.338 e. The lowest BCUT2D eigenvalue weighted by Gasteiger charge is -2.42. The molecule has 2 aliphatic heterocycles. The van der Waals surface area contributed by atoms with Crippen molar-refractivity contribution in [2.45, 2.75) is 51.6 Å². The zero-order valence-corrected chi connectivity index (χ0v) is 23.4. The van der Waals surface area contributed by atoms with Gasteiger partial charge in [-0.3, -0.25) is 14.5 Å². The minimum atomic E-state index is -0.265. The smallest absolute Gasteiger partial charge is 0.254 e. The Labute approximate surface area is 228 Å². The van der Waals surface area contributed by atoms with E-state index in [9.17, 15) is 14.0 Å². The fourth-order valence-electron chi connectivity index (χ4n) is 5.64. The number of thiophene rings is 1. The first kappa shape index (κ1) is 26.6. The maximum atomic E-state index is 14.1. The van der Waals surface area contributed by atoms with E-state index in [4.69, 9.17) is 0 Å². The number of rotatable bonds is 4. The quantitative estimate of drug-likeness (QED) is 0.445. The van der Waals surface area contributed by atoms with Crippen molar-refractivity contribution in [1.29, 1.82) is 0 Å². The third-order valence-corrected chi connectivity index (χ3v) is 8.80. The molecular weight excluding hydrogens is 497 g/mol. The molecule has 0 N–H and O–H groups in total. The van der Waals surface area contributed by atoms with Gasteiger partial charge in [0.2, 0.25) is 5.91 Å². The van der Waals surface area contributed by atoms with Crippen LogP contribution in [0.5, 0.6) is 0 Å². The van der Waals surface area contributed by atoms with E-state index in [1.165, 1.54) is 22.1 Å². The summed E-state index contributed by atoms with van der Waals surface area (Å²) in [4.78, 5) is 34.0. The Morgan fingerprint density at radius 1 is 1.03 bits per heavy atom. The van der Waals surface area contributed by atoms with E-state index in [-0.39, 0.29) is 41.7 Å². The van der Waals surface area contributed by atoms with Crippen LogP contribution in [-0.4, -0.2) is 65.3 Å². The molecule has 0 spiro atoms. The molecule has 2 aromatic carbocycles. The van der Waals surface area contributed by atoms with Crippen LogP contribution < -0.4 is 0 Å². The molecule has 2 amide bonds. The lowest BCUT2D eigenvalue weighted by atomic mass is 9.86. The first-order valence-electron chi connectivity index (χ1n) is 13.4. The van der Waals surface area contributed by atoms with Gasteiger partial charge in [0.25, 0.3) is 5.91 Å². The highest BCUT2D eigenvalue weighted by atomic mass is 32.1. The third kappa shape index (κ3) is 5.40. The average Bonchev–Trinajstić information content (AvgIpc) is 3.36. The Bertz CT molecular complexity index is 1310. The normalized spacial score (nSPS) is 20.3. The summed E-state index contributed by atoms with van der Waals surface area (Å²) in [6.45, 7) is 11.0. The summed E-state index contributed by atoms with van der Waals surface area (Å²) in [5.74, 6) is -0.199. The summed E-state index contributed by atoms with van der Waals surface area (Å²) in [6.07, 6.45) is 0.888. The van der Waals surface area contributed by atoms with Crippen LogP contribution in [0.2, 0.25) is 0 Å². The predicted octanol–water partition coefficient (Wildman–Crippen LogP) is 5.51. The van der Waals surface area contributed by atoms with Gasteiger partial charge in [-0.15, -0.1) is 11.3 Å². The van der Waals surface area contributed by atoms with Gasteiger partial charge in [-0.1, -0.05) is 45.0 Å². The molecule has 1 saturated heterocycles. The second-order valence-electron chi connectivity index (χ2n) is 11.5. The largest absolute Gasteiger partial charge is 0.338 e. The van der Waals surface area contributed by atoms with Crippen molar-refractivity contribution in [3.8, 4) is 0 Å². The summed E-state index contributed by atoms with van der Waals surface area (Å²) in [6, 6.07) is 16.5. The van der Waals surface area contributed by atoms with Gasteiger partial charge in [-0.25, -0.2) is 4.39 Å². The van der Waals surface area contributed by atoms with E-state index >= 15 is 0 Å². The molecule has 0 radical (unpaired) electrons. The average molecular weight is 534 g/mol. The van der Waals surface area contributed by atoms with Crippen LogP contribution in [0.4, 0.5) is 4.39 Å². The number of benzene rings is 2. The van der Waals surface area contributed by atoms with E-state index in [2.05, 4.69) is 37.1 Å². The van der Waals surface area contributed by atoms with Crippen LogP contribution in [0.25, 0.3) is 0 Å². The number of hydrogen-bond donors (Lipinski definition) is 0. The second-order valence-corrected chi connectivity index (χ2v) is 12.5. The standard InChI is InChI=1S/C31H36FN3O2S/c1-21-19-33(15-16-35(21)30(37)22-8-10-24(11-9-22)31(2,3)4)28(36)20-34-14-12-27-26(13-17-38-27)29(34)23-6-5-7-25(32)18-23/h5-11,13,17-18,21,29H,12,14-16,19-20H2,1-4H3/t21-,29-/m0/s1. The van der Waals surface area contributed by atoms with E-state index < -0.39 is 0 Å². The molecule has 1 aromatic heterocycles. The molecule has 7 heteroatoms. The van der Waals surface area contributed by atoms with Gasteiger partial charge < -0.3 is 9.80 Å². The SMILES string of the molecule is C[C@H]1CN(C(=O)CN2CCc3sccc3[C@@H]2c2cccc(F)c2)CCN1C(=O)c1ccc(C(C)(C)C)cc1. The van der Waals surface area contributed by atoms with Crippen molar-refractivity contribution in [1.82, 2.24) is 14.7 Å². The summed E-state index contributed by atoms with van der Waals surface area (Å²) in [7, 11) is 0. The minimum absolute atomic E-state index is 0.0113. The van der Waals surface area contributed by atoms with Crippen LogP contribution in [0.3, 0.4) is 0 Å². The van der Waals surface area contributed by atoms with Gasteiger partial charge in [0.1, 0.15) is 5.82 Å². The summed E-state index contributed by atoms with van der Waals surface area (Å²) < 4.78 is 14.1. The first-order chi connectivity index (χ1) is 18.1. The van der Waals surface area contributed by atoms with E-state index in [1.54, 1.807) is 23.5 Å². The van der Waals surface area contributed by atoms with Crippen LogP contribution in [0.1, 0.15) is 65.7 Å². The highest BCUT2D eigenvalue weighted by Crippen LogP contribution is 2.38. The van der Waals surface area contributed by atoms with Gasteiger partial charge in [0.05, 0.1) is 12.6 Å². The van der Waals surface area contributed by atoms with Gasteiger partial charge in [-0.05, 0) is 71.2 Å². The Morgan fingerprint density at radius 3 is 2.47 bits per heavy atom. The fourth-order valence-corrected chi connectivity index (χ4v) is 6.55. The van der Waals surface area contributed by atoms with Gasteiger partial charge in [0, 0.05) is 42.7 Å². The third-order valence-electron chi connectivity index (χ3n) is 7.81. The van der Waals surface area contributed by atoms with Crippen LogP contribution in [-0.2, 0) is 16.6 Å². The van der Waals surface area contributed by atoms with Crippen molar-refractivity contribution in [3.05, 3.63) is 92.9 Å². The van der Waals surface area contributed by atoms with E-state index in [0.29, 0.717) is 25.2 Å². The zero-order valence-electron chi connectivity index (χ0n) is 22.6. The number of halogens is 1. The van der Waals surface area contributed by atoms with Gasteiger partial charge >= 0.3 is 0 Å². The maximum Gasteiger partial charge on any atom is 0.254 e. The van der Waals surface area contributed by atoms with Crippen molar-refractivity contribution < 1.29 is 14.0 Å². The van der Waals surface area contributed by atoms with Crippen LogP contribution in [0, 0.1) is 5.82 Å². The molecule has 3 aromatic rings. The Kier molecular flexibility index (Phi) is 7.43. The molecule has 0 bridgehead atoms. The maximum absolute atomic E-state index is 14.1. The summed E-state index contributed by atoms with van der Waals surface area (Å²) in [5, 5.41) is 2.08. The molecule has 0 unspecified atom stereocenters. The lowest BCUT2D eigenvalue weighted by Crippen LogP contribution is -2.57. The highest BCUT2D eigenvalue weighted by molar-refractivity contribution is 7.10. The molecule has 0 saturated carbocycles. The number of carbonyl (C=O) groups excluding carboxylic acids is 2. The molecule has 38 heavy (non-hydrogen) atoms. The highest BCUT2D eigenvalue weighted by Gasteiger charge is 2.35. The van der Waals surface area contributed by atoms with Gasteiger partial charge in [0.15, 0.2) is 0 Å². The topological polar surface area (TPSA) is 43.9 Å². The van der Waals surface area contributed by atoms with Crippen LogP contribution in [0.15, 0.2) is 60.0 Å². The fraction of sp³-hybridized carbons (Fsp3) is 0.419. The van der Waals surface area contributed by atoms with Crippen molar-refractivity contribution in [2.75, 3.05) is 32.7 Å². The molecule has 200 valence electrons. The number of hydrogen-bond acceptors (Lipinski definition) is 4. The van der Waals surface area contributed by atoms with E-state index in [0.717, 1.165) is 18.5 Å². The summed E-state index contributed by atoms with van der Waals surface area (Å²) >= 11 is 1.73. The molecule has 5 rings (SSSR count). The molecule has 1 fully saturated rings. The molecular formula is C31H36FN3O2S. The monoisotopic (exact) mass is 533 g/mol. The molecule has 3 heterocycles. The predicted molar refractivity (Wildman–Crippen MR) is 150 cm³/mol. The molecule has 5 nitrogen and oxygen atoms in total. The van der Waals surface area contributed by atoms with Gasteiger partial charge in [-0.2, -0.15) is 0 Å². The van der Waals surface area contributed by atoms with Crippen LogP contribution >= 0.6 is 11.3 Å². The number of carbonyl (C=O) groups is 2. The molecule has 2 aliphatic rings. The number of piperazine rings is 1. The van der Waals surface area contributed by atoms with Crippen molar-refractivity contribution in [3.63, 3.8) is 0 Å². The Hall–Kier alpha value is -3.03. The lowest BCUT2D eigenvalue weighted by molar-refractivity contribution is -0.135. The Balaban J connectivity index is 1.25. The Morgan fingerprint density at radius 2 is 1.79 bits per heavy atom. The van der Waals surface area contributed by atoms with E-state index in [1.807, 2.05) is 47.1 Å². The van der Waals surface area contributed by atoms with Crippen molar-refractivity contribution >= 4 is 23.2 Å². The second kappa shape index (κ2) is 10.6. The molecule has 0 aliphatic carbocycles. The molecule has 2 atom stereocenters. The summed E-state index contributed by atoms with van der Waals surface area (Å²) in [5.41, 5.74) is 3.96. The zero-order chi connectivity index (χ0) is 27.0.